The van der Waals surface area contributed by atoms with Crippen LogP contribution < -0.4 is 4.74 Å². The van der Waals surface area contributed by atoms with E-state index in [9.17, 15) is 4.79 Å². The molecule has 0 aliphatic heterocycles. The highest BCUT2D eigenvalue weighted by atomic mass is 79.9. The van der Waals surface area contributed by atoms with Gasteiger partial charge in [0.2, 0.25) is 5.82 Å². The average Bonchev–Trinajstić information content (AvgIpc) is 3.13. The molecule has 2 atom stereocenters. The lowest BCUT2D eigenvalue weighted by atomic mass is 9.49. The van der Waals surface area contributed by atoms with Gasteiger partial charge in [-0.05, 0) is 74.8 Å². The van der Waals surface area contributed by atoms with Gasteiger partial charge in [0.15, 0.2) is 6.61 Å². The predicted molar refractivity (Wildman–Crippen MR) is 114 cm³/mol. The highest BCUT2D eigenvalue weighted by molar-refractivity contribution is 9.10. The van der Waals surface area contributed by atoms with Gasteiger partial charge in [-0.15, -0.1) is 0 Å². The highest BCUT2D eigenvalue weighted by Gasteiger charge is 2.57. The number of alkyl halides is 1. The van der Waals surface area contributed by atoms with Gasteiger partial charge >= 0.3 is 5.97 Å². The molecule has 1 aromatic carbocycles. The topological polar surface area (TPSA) is 74.5 Å². The Labute approximate surface area is 184 Å². The molecule has 2 aromatic rings. The lowest BCUT2D eigenvalue weighted by molar-refractivity contribution is -0.153. The van der Waals surface area contributed by atoms with Crippen molar-refractivity contribution in [1.82, 2.24) is 10.1 Å². The fraction of sp³-hybridized carbons (Fsp3) is 0.609. The van der Waals surface area contributed by atoms with E-state index in [0.717, 1.165) is 36.7 Å². The van der Waals surface area contributed by atoms with E-state index in [4.69, 9.17) is 14.0 Å². The number of hydrogen-bond donors (Lipinski definition) is 0. The Morgan fingerprint density at radius 2 is 2.00 bits per heavy atom. The van der Waals surface area contributed by atoms with E-state index in [-0.39, 0.29) is 22.3 Å². The number of esters is 1. The van der Waals surface area contributed by atoms with Crippen molar-refractivity contribution in [2.24, 2.45) is 17.3 Å². The smallest absolute Gasteiger partial charge is 0.306 e. The van der Waals surface area contributed by atoms with Crippen LogP contribution in [0.5, 0.6) is 5.75 Å². The van der Waals surface area contributed by atoms with Gasteiger partial charge in [0, 0.05) is 4.32 Å². The fourth-order valence-electron chi connectivity index (χ4n) is 6.40. The Hall–Kier alpha value is -1.89. The van der Waals surface area contributed by atoms with Crippen LogP contribution in [0.15, 0.2) is 28.8 Å². The number of benzene rings is 1. The van der Waals surface area contributed by atoms with Crippen LogP contribution in [0.3, 0.4) is 0 Å². The van der Waals surface area contributed by atoms with E-state index in [1.165, 1.54) is 19.3 Å². The first-order valence-electron chi connectivity index (χ1n) is 10.9. The van der Waals surface area contributed by atoms with Crippen molar-refractivity contribution in [2.75, 3.05) is 6.61 Å². The molecule has 1 aromatic heterocycles. The molecule has 1 heterocycles. The van der Waals surface area contributed by atoms with Gasteiger partial charge in [-0.3, -0.25) is 4.79 Å². The van der Waals surface area contributed by atoms with Gasteiger partial charge in [0.1, 0.15) is 5.75 Å². The summed E-state index contributed by atoms with van der Waals surface area (Å²) >= 11 is 4.00. The third-order valence-electron chi connectivity index (χ3n) is 6.88. The zero-order valence-electron chi connectivity index (χ0n) is 17.2. The molecule has 4 bridgehead atoms. The second-order valence-electron chi connectivity index (χ2n) is 9.39. The quantitative estimate of drug-likeness (QED) is 0.400. The Kier molecular flexibility index (Phi) is 5.12. The number of nitrogens with zero attached hydrogens (tertiary/aromatic N) is 2. The molecular weight excluding hydrogens is 448 g/mol. The second kappa shape index (κ2) is 7.66. The average molecular weight is 475 g/mol. The molecule has 7 heteroatoms. The lowest BCUT2D eigenvalue weighted by Gasteiger charge is -2.60. The van der Waals surface area contributed by atoms with E-state index >= 15 is 0 Å². The number of carbonyl (C=O) groups excluding carboxylic acids is 1. The number of hydrogen-bond acceptors (Lipinski definition) is 6. The summed E-state index contributed by atoms with van der Waals surface area (Å²) in [5, 5.41) is 4.03. The van der Waals surface area contributed by atoms with Gasteiger partial charge in [0.05, 0.1) is 18.6 Å². The molecule has 4 saturated carbocycles. The van der Waals surface area contributed by atoms with Gasteiger partial charge in [-0.1, -0.05) is 33.2 Å². The number of rotatable bonds is 7. The lowest BCUT2D eigenvalue weighted by Crippen LogP contribution is -2.53. The monoisotopic (exact) mass is 474 g/mol. The summed E-state index contributed by atoms with van der Waals surface area (Å²) in [4.78, 5) is 17.1. The van der Waals surface area contributed by atoms with Crippen LogP contribution in [-0.2, 0) is 16.1 Å². The van der Waals surface area contributed by atoms with Gasteiger partial charge in [-0.2, -0.15) is 4.98 Å². The molecule has 4 aliphatic carbocycles. The molecule has 0 amide bonds. The van der Waals surface area contributed by atoms with Crippen LogP contribution in [0.4, 0.5) is 0 Å². The number of carbonyl (C=O) groups is 1. The molecule has 160 valence electrons. The minimum absolute atomic E-state index is 0.00499. The Morgan fingerprint density at radius 1 is 1.23 bits per heavy atom. The van der Waals surface area contributed by atoms with Crippen molar-refractivity contribution in [2.45, 2.75) is 62.8 Å². The Morgan fingerprint density at radius 3 is 2.73 bits per heavy atom. The summed E-state index contributed by atoms with van der Waals surface area (Å²) in [5.41, 5.74) is 0.859. The zero-order valence-corrected chi connectivity index (χ0v) is 18.8. The normalized spacial score (nSPS) is 31.7. The molecule has 4 fully saturated rings. The van der Waals surface area contributed by atoms with E-state index in [1.807, 2.05) is 31.2 Å². The molecular formula is C23H27BrN2O4. The second-order valence-corrected chi connectivity index (χ2v) is 11.1. The first-order valence-corrected chi connectivity index (χ1v) is 11.6. The van der Waals surface area contributed by atoms with Gasteiger partial charge in [0.25, 0.3) is 5.89 Å². The van der Waals surface area contributed by atoms with Crippen LogP contribution in [0, 0.1) is 17.3 Å². The van der Waals surface area contributed by atoms with E-state index in [2.05, 4.69) is 26.1 Å². The van der Waals surface area contributed by atoms with Crippen molar-refractivity contribution in [3.8, 4) is 17.1 Å². The molecule has 2 unspecified atom stereocenters. The van der Waals surface area contributed by atoms with Crippen LogP contribution in [0.25, 0.3) is 11.4 Å². The minimum Gasteiger partial charge on any atom is -0.493 e. The summed E-state index contributed by atoms with van der Waals surface area (Å²) in [7, 11) is 0. The number of para-hydroxylation sites is 1. The standard InChI is InChI=1S/C23H27BrN2O4/c1-2-28-18-6-4-3-5-17(18)21-25-19(30-26-21)13-29-20(27)12-22-8-15-7-16(9-22)11-23(24,10-15)14-22/h3-6,15-16H,2,7-14H2,1H3. The predicted octanol–water partition coefficient (Wildman–Crippen LogP) is 5.30. The zero-order chi connectivity index (χ0) is 20.8. The number of aromatic nitrogens is 2. The minimum atomic E-state index is -0.164. The van der Waals surface area contributed by atoms with Gasteiger partial charge < -0.3 is 14.0 Å². The summed E-state index contributed by atoms with van der Waals surface area (Å²) < 4.78 is 16.7. The summed E-state index contributed by atoms with van der Waals surface area (Å²) in [6.45, 7) is 2.49. The van der Waals surface area contributed by atoms with Crippen LogP contribution in [0.2, 0.25) is 0 Å². The summed E-state index contributed by atoms with van der Waals surface area (Å²) in [6.07, 6.45) is 7.74. The fourth-order valence-corrected chi connectivity index (χ4v) is 7.91. The van der Waals surface area contributed by atoms with Crippen molar-refractivity contribution in [3.63, 3.8) is 0 Å². The van der Waals surface area contributed by atoms with Crippen molar-refractivity contribution >= 4 is 21.9 Å². The van der Waals surface area contributed by atoms with Crippen molar-refractivity contribution in [3.05, 3.63) is 30.2 Å². The molecule has 6 rings (SSSR count). The highest BCUT2D eigenvalue weighted by Crippen LogP contribution is 2.65. The molecule has 0 radical (unpaired) electrons. The molecule has 30 heavy (non-hydrogen) atoms. The van der Waals surface area contributed by atoms with Crippen LogP contribution >= 0.6 is 15.9 Å². The Bertz CT molecular complexity index is 929. The van der Waals surface area contributed by atoms with E-state index < -0.39 is 0 Å². The SMILES string of the molecule is CCOc1ccccc1-c1noc(COC(=O)CC23CC4CC(CC(Br)(C4)C2)C3)n1. The van der Waals surface area contributed by atoms with Crippen LogP contribution in [0.1, 0.15) is 57.8 Å². The summed E-state index contributed by atoms with van der Waals surface area (Å²) in [5.74, 6) is 2.78. The Balaban J connectivity index is 1.21. The van der Waals surface area contributed by atoms with E-state index in [0.29, 0.717) is 30.5 Å². The molecule has 0 N–H and O–H groups in total. The maximum absolute atomic E-state index is 12.7. The van der Waals surface area contributed by atoms with E-state index in [1.54, 1.807) is 0 Å². The van der Waals surface area contributed by atoms with Gasteiger partial charge in [-0.25, -0.2) is 0 Å². The molecule has 4 aliphatic rings. The maximum atomic E-state index is 12.7. The number of halogens is 1. The van der Waals surface area contributed by atoms with Crippen LogP contribution in [-0.4, -0.2) is 27.0 Å². The largest absolute Gasteiger partial charge is 0.493 e. The van der Waals surface area contributed by atoms with Crippen molar-refractivity contribution < 1.29 is 18.8 Å². The third-order valence-corrected chi connectivity index (χ3v) is 7.81. The molecule has 6 nitrogen and oxygen atoms in total. The molecule has 0 spiro atoms. The molecule has 0 saturated heterocycles. The number of ether oxygens (including phenoxy) is 2. The third kappa shape index (κ3) is 3.88. The van der Waals surface area contributed by atoms with Crippen molar-refractivity contribution in [1.29, 1.82) is 0 Å². The maximum Gasteiger partial charge on any atom is 0.306 e. The first-order chi connectivity index (χ1) is 14.5. The first kappa shape index (κ1) is 20.0. The summed E-state index contributed by atoms with van der Waals surface area (Å²) in [6, 6.07) is 7.56.